The van der Waals surface area contributed by atoms with Gasteiger partial charge in [-0.3, -0.25) is 4.79 Å². The molecule has 1 amide bonds. The summed E-state index contributed by atoms with van der Waals surface area (Å²) in [5, 5.41) is 3.35. The van der Waals surface area contributed by atoms with Gasteiger partial charge in [0.05, 0.1) is 0 Å². The average Bonchev–Trinajstić information content (AvgIpc) is 2.63. The van der Waals surface area contributed by atoms with E-state index < -0.39 is 0 Å². The third kappa shape index (κ3) is 1.48. The van der Waals surface area contributed by atoms with Crippen molar-refractivity contribution >= 4 is 5.91 Å². The molecule has 2 aliphatic heterocycles. The Hall–Kier alpha value is -0.830. The lowest BCUT2D eigenvalue weighted by molar-refractivity contribution is -0.130. The smallest absolute Gasteiger partial charge is 0.246 e. The van der Waals surface area contributed by atoms with Crippen LogP contribution in [0.1, 0.15) is 12.8 Å². The van der Waals surface area contributed by atoms with E-state index in [-0.39, 0.29) is 5.91 Å². The zero-order valence-electron chi connectivity index (χ0n) is 7.83. The largest absolute Gasteiger partial charge is 0.335 e. The van der Waals surface area contributed by atoms with Crippen LogP contribution in [0.2, 0.25) is 0 Å². The Morgan fingerprint density at radius 1 is 1.54 bits per heavy atom. The predicted molar refractivity (Wildman–Crippen MR) is 51.3 cm³/mol. The first kappa shape index (κ1) is 8.75. The highest BCUT2D eigenvalue weighted by molar-refractivity contribution is 5.87. The second-order valence-corrected chi connectivity index (χ2v) is 3.86. The second-order valence-electron chi connectivity index (χ2n) is 3.86. The van der Waals surface area contributed by atoms with Gasteiger partial charge in [0.25, 0.3) is 0 Å². The third-order valence-electron chi connectivity index (χ3n) is 3.14. The SMILES string of the molecule is C=CC(=O)N1CCCC2CNCC21. The highest BCUT2D eigenvalue weighted by Crippen LogP contribution is 2.26. The van der Waals surface area contributed by atoms with E-state index in [1.807, 2.05) is 4.90 Å². The number of hydrogen-bond donors (Lipinski definition) is 1. The summed E-state index contributed by atoms with van der Waals surface area (Å²) in [5.74, 6) is 0.774. The number of nitrogens with zero attached hydrogens (tertiary/aromatic N) is 1. The van der Waals surface area contributed by atoms with Gasteiger partial charge in [0.1, 0.15) is 0 Å². The highest BCUT2D eigenvalue weighted by atomic mass is 16.2. The lowest BCUT2D eigenvalue weighted by atomic mass is 9.92. The number of amides is 1. The minimum atomic E-state index is 0.0957. The first-order valence-corrected chi connectivity index (χ1v) is 4.96. The lowest BCUT2D eigenvalue weighted by Crippen LogP contribution is -2.47. The van der Waals surface area contributed by atoms with Crippen molar-refractivity contribution in [2.24, 2.45) is 5.92 Å². The van der Waals surface area contributed by atoms with Crippen LogP contribution in [0.25, 0.3) is 0 Å². The summed E-state index contributed by atoms with van der Waals surface area (Å²) in [6.07, 6.45) is 3.84. The van der Waals surface area contributed by atoms with E-state index in [4.69, 9.17) is 0 Å². The molecular weight excluding hydrogens is 164 g/mol. The van der Waals surface area contributed by atoms with Crippen molar-refractivity contribution in [1.82, 2.24) is 10.2 Å². The van der Waals surface area contributed by atoms with Crippen LogP contribution in [0.15, 0.2) is 12.7 Å². The summed E-state index contributed by atoms with van der Waals surface area (Å²) in [6.45, 7) is 6.49. The Kier molecular flexibility index (Phi) is 2.36. The van der Waals surface area contributed by atoms with Gasteiger partial charge in [-0.05, 0) is 24.8 Å². The van der Waals surface area contributed by atoms with Crippen molar-refractivity contribution in [3.8, 4) is 0 Å². The number of rotatable bonds is 1. The summed E-state index contributed by atoms with van der Waals surface area (Å²) < 4.78 is 0. The van der Waals surface area contributed by atoms with Gasteiger partial charge in [-0.1, -0.05) is 6.58 Å². The van der Waals surface area contributed by atoms with Crippen LogP contribution >= 0.6 is 0 Å². The summed E-state index contributed by atoms with van der Waals surface area (Å²) in [6, 6.07) is 0.430. The molecule has 0 radical (unpaired) electrons. The summed E-state index contributed by atoms with van der Waals surface area (Å²) in [5.41, 5.74) is 0. The van der Waals surface area contributed by atoms with Gasteiger partial charge in [0.15, 0.2) is 0 Å². The molecule has 0 aromatic heterocycles. The maximum atomic E-state index is 11.5. The van der Waals surface area contributed by atoms with Crippen molar-refractivity contribution in [2.45, 2.75) is 18.9 Å². The number of likely N-dealkylation sites (tertiary alicyclic amines) is 1. The second kappa shape index (κ2) is 3.50. The van der Waals surface area contributed by atoms with E-state index in [0.717, 1.165) is 26.1 Å². The number of fused-ring (bicyclic) bond motifs is 1. The first-order valence-electron chi connectivity index (χ1n) is 4.96. The summed E-state index contributed by atoms with van der Waals surface area (Å²) in [4.78, 5) is 13.5. The maximum Gasteiger partial charge on any atom is 0.246 e. The van der Waals surface area contributed by atoms with Gasteiger partial charge < -0.3 is 10.2 Å². The Labute approximate surface area is 78.8 Å². The van der Waals surface area contributed by atoms with E-state index in [9.17, 15) is 4.79 Å². The van der Waals surface area contributed by atoms with Gasteiger partial charge in [0.2, 0.25) is 5.91 Å². The molecule has 2 heterocycles. The van der Waals surface area contributed by atoms with Crippen molar-refractivity contribution in [3.63, 3.8) is 0 Å². The standard InChI is InChI=1S/C10H16N2O/c1-2-10(13)12-5-3-4-8-6-11-7-9(8)12/h2,8-9,11H,1,3-7H2. The molecular formula is C10H16N2O. The van der Waals surface area contributed by atoms with Gasteiger partial charge in [-0.2, -0.15) is 0 Å². The zero-order valence-corrected chi connectivity index (χ0v) is 7.83. The molecule has 0 aromatic carbocycles. The monoisotopic (exact) mass is 180 g/mol. The van der Waals surface area contributed by atoms with Crippen LogP contribution in [-0.4, -0.2) is 36.5 Å². The Bertz CT molecular complexity index is 227. The number of carbonyl (C=O) groups excluding carboxylic acids is 1. The summed E-state index contributed by atoms with van der Waals surface area (Å²) in [7, 11) is 0. The lowest BCUT2D eigenvalue weighted by Gasteiger charge is -2.36. The van der Waals surface area contributed by atoms with E-state index in [1.165, 1.54) is 12.5 Å². The van der Waals surface area contributed by atoms with Crippen LogP contribution < -0.4 is 5.32 Å². The molecule has 0 aliphatic carbocycles. The minimum absolute atomic E-state index is 0.0957. The van der Waals surface area contributed by atoms with Gasteiger partial charge in [-0.25, -0.2) is 0 Å². The molecule has 13 heavy (non-hydrogen) atoms. The number of carbonyl (C=O) groups is 1. The predicted octanol–water partition coefficient (Wildman–Crippen LogP) is 0.383. The fourth-order valence-electron chi connectivity index (χ4n) is 2.46. The van der Waals surface area contributed by atoms with E-state index >= 15 is 0 Å². The van der Waals surface area contributed by atoms with Crippen LogP contribution in [0, 0.1) is 5.92 Å². The van der Waals surface area contributed by atoms with E-state index in [0.29, 0.717) is 12.0 Å². The average molecular weight is 180 g/mol. The molecule has 0 saturated carbocycles. The molecule has 0 aromatic rings. The third-order valence-corrected chi connectivity index (χ3v) is 3.14. The van der Waals surface area contributed by atoms with Crippen molar-refractivity contribution in [1.29, 1.82) is 0 Å². The molecule has 2 saturated heterocycles. The van der Waals surface area contributed by atoms with Crippen molar-refractivity contribution < 1.29 is 4.79 Å². The van der Waals surface area contributed by atoms with Crippen LogP contribution in [0.4, 0.5) is 0 Å². The molecule has 72 valence electrons. The maximum absolute atomic E-state index is 11.5. The van der Waals surface area contributed by atoms with Gasteiger partial charge in [-0.15, -0.1) is 0 Å². The molecule has 2 aliphatic rings. The van der Waals surface area contributed by atoms with Gasteiger partial charge >= 0.3 is 0 Å². The number of piperidine rings is 1. The molecule has 2 unspecified atom stereocenters. The fraction of sp³-hybridized carbons (Fsp3) is 0.700. The summed E-state index contributed by atoms with van der Waals surface area (Å²) >= 11 is 0. The molecule has 2 rings (SSSR count). The Balaban J connectivity index is 2.09. The number of hydrogen-bond acceptors (Lipinski definition) is 2. The zero-order chi connectivity index (χ0) is 9.26. The topological polar surface area (TPSA) is 32.3 Å². The molecule has 2 atom stereocenters. The van der Waals surface area contributed by atoms with Crippen LogP contribution in [0.3, 0.4) is 0 Å². The molecule has 3 nitrogen and oxygen atoms in total. The molecule has 1 N–H and O–H groups in total. The fourth-order valence-corrected chi connectivity index (χ4v) is 2.46. The minimum Gasteiger partial charge on any atom is -0.335 e. The molecule has 3 heteroatoms. The highest BCUT2D eigenvalue weighted by Gasteiger charge is 2.36. The van der Waals surface area contributed by atoms with Crippen molar-refractivity contribution in [3.05, 3.63) is 12.7 Å². The van der Waals surface area contributed by atoms with E-state index in [1.54, 1.807) is 0 Å². The van der Waals surface area contributed by atoms with E-state index in [2.05, 4.69) is 11.9 Å². The van der Waals surface area contributed by atoms with Crippen molar-refractivity contribution in [2.75, 3.05) is 19.6 Å². The van der Waals surface area contributed by atoms with Crippen LogP contribution in [-0.2, 0) is 4.79 Å². The Morgan fingerprint density at radius 3 is 3.15 bits per heavy atom. The molecule has 0 bridgehead atoms. The Morgan fingerprint density at radius 2 is 2.38 bits per heavy atom. The molecule has 2 fully saturated rings. The normalized spacial score (nSPS) is 32.8. The van der Waals surface area contributed by atoms with Crippen LogP contribution in [0.5, 0.6) is 0 Å². The first-order chi connectivity index (χ1) is 6.33. The number of nitrogens with one attached hydrogen (secondary N) is 1. The molecule has 0 spiro atoms. The quantitative estimate of drug-likeness (QED) is 0.592. The van der Waals surface area contributed by atoms with Gasteiger partial charge in [0, 0.05) is 25.7 Å².